The van der Waals surface area contributed by atoms with Gasteiger partial charge in [0.15, 0.2) is 17.5 Å². The average molecular weight is 376 g/mol. The molecule has 0 saturated carbocycles. The molecule has 6 nitrogen and oxygen atoms in total. The summed E-state index contributed by atoms with van der Waals surface area (Å²) in [6, 6.07) is 11.3. The summed E-state index contributed by atoms with van der Waals surface area (Å²) in [7, 11) is 4.76. The second-order valence-corrected chi connectivity index (χ2v) is 6.35. The molecule has 1 aliphatic heterocycles. The average Bonchev–Trinajstić information content (AvgIpc) is 2.66. The highest BCUT2D eigenvalue weighted by Crippen LogP contribution is 2.43. The van der Waals surface area contributed by atoms with E-state index in [9.17, 15) is 0 Å². The van der Waals surface area contributed by atoms with Crippen LogP contribution < -0.4 is 25.3 Å². The number of ether oxygens (including phenoxy) is 3. The van der Waals surface area contributed by atoms with Crippen molar-refractivity contribution in [3.8, 4) is 17.2 Å². The topological polar surface area (TPSA) is 78.1 Å². The summed E-state index contributed by atoms with van der Waals surface area (Å²) in [4.78, 5) is 4.55. The van der Waals surface area contributed by atoms with Crippen LogP contribution in [0.3, 0.4) is 0 Å². The van der Waals surface area contributed by atoms with Crippen molar-refractivity contribution in [1.29, 1.82) is 0 Å². The van der Waals surface area contributed by atoms with E-state index in [-0.39, 0.29) is 12.1 Å². The van der Waals surface area contributed by atoms with Crippen molar-refractivity contribution in [1.82, 2.24) is 5.32 Å². The molecule has 138 valence electrons. The Morgan fingerprint density at radius 3 is 2.31 bits per heavy atom. The molecule has 7 heteroatoms. The van der Waals surface area contributed by atoms with Crippen molar-refractivity contribution in [3.05, 3.63) is 52.5 Å². The largest absolute Gasteiger partial charge is 0.493 e. The molecule has 2 unspecified atom stereocenters. The summed E-state index contributed by atoms with van der Waals surface area (Å²) < 4.78 is 16.3. The minimum Gasteiger partial charge on any atom is -0.493 e. The minimum absolute atomic E-state index is 0.0368. The fourth-order valence-electron chi connectivity index (χ4n) is 3.19. The number of benzene rings is 2. The Labute approximate surface area is 157 Å². The van der Waals surface area contributed by atoms with Gasteiger partial charge in [-0.15, -0.1) is 0 Å². The Hall–Kier alpha value is -2.60. The Bertz CT molecular complexity index is 800. The number of nitrogens with one attached hydrogen (secondary N) is 1. The zero-order chi connectivity index (χ0) is 18.7. The fraction of sp³-hybridized carbons (Fsp3) is 0.316. The van der Waals surface area contributed by atoms with Crippen LogP contribution in [-0.2, 0) is 0 Å². The van der Waals surface area contributed by atoms with Crippen LogP contribution in [0, 0.1) is 0 Å². The number of hydrogen-bond acceptors (Lipinski definition) is 6. The third kappa shape index (κ3) is 3.51. The first kappa shape index (κ1) is 18.2. The van der Waals surface area contributed by atoms with Gasteiger partial charge in [0, 0.05) is 5.02 Å². The van der Waals surface area contributed by atoms with Gasteiger partial charge in [-0.3, -0.25) is 0 Å². The molecule has 0 spiro atoms. The van der Waals surface area contributed by atoms with Gasteiger partial charge < -0.3 is 25.3 Å². The van der Waals surface area contributed by atoms with E-state index in [1.807, 2.05) is 36.4 Å². The Kier molecular flexibility index (Phi) is 5.42. The quantitative estimate of drug-likeness (QED) is 0.836. The molecule has 2 aromatic rings. The van der Waals surface area contributed by atoms with Crippen molar-refractivity contribution < 1.29 is 14.2 Å². The molecule has 0 saturated heterocycles. The molecule has 2 aromatic carbocycles. The SMILES string of the molecule is COc1cc(C2CC(c3ccccc3Cl)NC(N)=N2)cc(OC)c1OC. The molecule has 0 aliphatic carbocycles. The molecule has 0 fully saturated rings. The summed E-state index contributed by atoms with van der Waals surface area (Å²) in [5.74, 6) is 2.10. The van der Waals surface area contributed by atoms with Crippen LogP contribution >= 0.6 is 11.6 Å². The van der Waals surface area contributed by atoms with Crippen molar-refractivity contribution >= 4 is 17.6 Å². The number of nitrogens with two attached hydrogens (primary N) is 1. The molecular formula is C19H22ClN3O3. The van der Waals surface area contributed by atoms with Crippen LogP contribution in [0.2, 0.25) is 5.02 Å². The molecule has 2 atom stereocenters. The maximum absolute atomic E-state index is 6.36. The Morgan fingerprint density at radius 2 is 1.73 bits per heavy atom. The van der Waals surface area contributed by atoms with Crippen LogP contribution in [0.4, 0.5) is 0 Å². The second-order valence-electron chi connectivity index (χ2n) is 5.94. The van der Waals surface area contributed by atoms with Crippen LogP contribution in [0.1, 0.15) is 29.6 Å². The summed E-state index contributed by atoms with van der Waals surface area (Å²) in [5.41, 5.74) is 7.97. The van der Waals surface area contributed by atoms with Crippen molar-refractivity contribution in [2.24, 2.45) is 10.7 Å². The number of nitrogens with zero attached hydrogens (tertiary/aromatic N) is 1. The number of rotatable bonds is 5. The first-order valence-corrected chi connectivity index (χ1v) is 8.59. The molecule has 0 aromatic heterocycles. The van der Waals surface area contributed by atoms with Gasteiger partial charge >= 0.3 is 0 Å². The fourth-order valence-corrected chi connectivity index (χ4v) is 3.45. The van der Waals surface area contributed by atoms with Crippen molar-refractivity contribution in [2.45, 2.75) is 18.5 Å². The highest BCUT2D eigenvalue weighted by atomic mass is 35.5. The lowest BCUT2D eigenvalue weighted by molar-refractivity contribution is 0.323. The predicted molar refractivity (Wildman–Crippen MR) is 102 cm³/mol. The van der Waals surface area contributed by atoms with E-state index in [0.29, 0.717) is 34.7 Å². The normalized spacial score (nSPS) is 19.3. The van der Waals surface area contributed by atoms with Gasteiger partial charge in [0.05, 0.1) is 33.4 Å². The van der Waals surface area contributed by atoms with E-state index in [4.69, 9.17) is 31.5 Å². The molecular weight excluding hydrogens is 354 g/mol. The minimum atomic E-state index is -0.161. The number of guanidine groups is 1. The highest BCUT2D eigenvalue weighted by Gasteiger charge is 2.27. The molecule has 3 rings (SSSR count). The molecule has 3 N–H and O–H groups in total. The third-order valence-corrected chi connectivity index (χ3v) is 4.77. The standard InChI is InChI=1S/C19H22ClN3O3/c1-24-16-8-11(9-17(25-2)18(16)26-3)14-10-15(23-19(21)22-14)12-6-4-5-7-13(12)20/h4-9,14-15H,10H2,1-3H3,(H3,21,22,23). The van der Waals surface area contributed by atoms with E-state index in [1.54, 1.807) is 21.3 Å². The second kappa shape index (κ2) is 7.74. The number of methoxy groups -OCH3 is 3. The maximum Gasteiger partial charge on any atom is 0.203 e. The van der Waals surface area contributed by atoms with Crippen LogP contribution in [0.5, 0.6) is 17.2 Å². The van der Waals surface area contributed by atoms with Gasteiger partial charge in [-0.05, 0) is 35.7 Å². The zero-order valence-corrected chi connectivity index (χ0v) is 15.7. The predicted octanol–water partition coefficient (Wildman–Crippen LogP) is 3.46. The summed E-state index contributed by atoms with van der Waals surface area (Å²) in [6.45, 7) is 0. The Morgan fingerprint density at radius 1 is 1.08 bits per heavy atom. The van der Waals surface area contributed by atoms with Gasteiger partial charge in [-0.25, -0.2) is 4.99 Å². The zero-order valence-electron chi connectivity index (χ0n) is 15.0. The van der Waals surface area contributed by atoms with Crippen LogP contribution in [0.25, 0.3) is 0 Å². The van der Waals surface area contributed by atoms with Crippen molar-refractivity contribution in [2.75, 3.05) is 21.3 Å². The lowest BCUT2D eigenvalue weighted by Gasteiger charge is -2.29. The van der Waals surface area contributed by atoms with Crippen LogP contribution in [0.15, 0.2) is 41.4 Å². The van der Waals surface area contributed by atoms with Gasteiger partial charge in [-0.2, -0.15) is 0 Å². The molecule has 0 bridgehead atoms. The van der Waals surface area contributed by atoms with E-state index >= 15 is 0 Å². The van der Waals surface area contributed by atoms with E-state index < -0.39 is 0 Å². The lowest BCUT2D eigenvalue weighted by Crippen LogP contribution is -2.39. The first-order valence-electron chi connectivity index (χ1n) is 8.21. The van der Waals surface area contributed by atoms with Gasteiger partial charge in [0.25, 0.3) is 0 Å². The van der Waals surface area contributed by atoms with Crippen molar-refractivity contribution in [3.63, 3.8) is 0 Å². The van der Waals surface area contributed by atoms with E-state index in [2.05, 4.69) is 10.3 Å². The monoisotopic (exact) mass is 375 g/mol. The van der Waals surface area contributed by atoms with E-state index in [0.717, 1.165) is 11.1 Å². The lowest BCUT2D eigenvalue weighted by atomic mass is 9.93. The smallest absolute Gasteiger partial charge is 0.203 e. The summed E-state index contributed by atoms with van der Waals surface area (Å²) in [6.07, 6.45) is 0.697. The van der Waals surface area contributed by atoms with Crippen LogP contribution in [-0.4, -0.2) is 27.3 Å². The molecule has 1 aliphatic rings. The highest BCUT2D eigenvalue weighted by molar-refractivity contribution is 6.31. The molecule has 0 radical (unpaired) electrons. The molecule has 26 heavy (non-hydrogen) atoms. The summed E-state index contributed by atoms with van der Waals surface area (Å²) >= 11 is 6.36. The number of hydrogen-bond donors (Lipinski definition) is 2. The van der Waals surface area contributed by atoms with E-state index in [1.165, 1.54) is 0 Å². The number of aliphatic imine (C=N–C) groups is 1. The van der Waals surface area contributed by atoms with Gasteiger partial charge in [-0.1, -0.05) is 29.8 Å². The molecule has 1 heterocycles. The molecule has 0 amide bonds. The third-order valence-electron chi connectivity index (χ3n) is 4.43. The van der Waals surface area contributed by atoms with Gasteiger partial charge in [0.1, 0.15) is 0 Å². The first-order chi connectivity index (χ1) is 12.6. The maximum atomic E-state index is 6.36. The number of halogens is 1. The summed E-state index contributed by atoms with van der Waals surface area (Å²) in [5, 5.41) is 3.91. The Balaban J connectivity index is 1.98. The van der Waals surface area contributed by atoms with Gasteiger partial charge in [0.2, 0.25) is 5.75 Å².